The van der Waals surface area contributed by atoms with Gasteiger partial charge in [-0.05, 0) is 18.3 Å². The standard InChI is InChI=1S/C12H24OS/c1-5-11(6-2)9-14(13)10-12(7-3)8-4/h5,11-12H,1,6-10H2,2-4H3. The molecular formula is C12H24OS. The minimum atomic E-state index is -0.651. The average molecular weight is 216 g/mol. The highest BCUT2D eigenvalue weighted by Gasteiger charge is 2.11. The van der Waals surface area contributed by atoms with Crippen LogP contribution in [0.2, 0.25) is 0 Å². The predicted octanol–water partition coefficient (Wildman–Crippen LogP) is 3.38. The lowest BCUT2D eigenvalue weighted by molar-refractivity contribution is 0.542. The molecule has 0 fully saturated rings. The lowest BCUT2D eigenvalue weighted by Gasteiger charge is -2.14. The SMILES string of the molecule is C=CC(CC)CS(=O)CC(CC)CC. The van der Waals surface area contributed by atoms with Crippen molar-refractivity contribution in [3.8, 4) is 0 Å². The molecule has 0 rings (SSSR count). The Kier molecular flexibility index (Phi) is 8.15. The molecular weight excluding hydrogens is 192 g/mol. The van der Waals surface area contributed by atoms with Crippen LogP contribution in [0.5, 0.6) is 0 Å². The fraction of sp³-hybridized carbons (Fsp3) is 0.833. The Morgan fingerprint density at radius 1 is 1.14 bits per heavy atom. The van der Waals surface area contributed by atoms with Gasteiger partial charge >= 0.3 is 0 Å². The van der Waals surface area contributed by atoms with E-state index in [0.717, 1.165) is 30.8 Å². The van der Waals surface area contributed by atoms with Gasteiger partial charge in [0.1, 0.15) is 0 Å². The molecule has 0 amide bonds. The summed E-state index contributed by atoms with van der Waals surface area (Å²) in [4.78, 5) is 0. The van der Waals surface area contributed by atoms with Crippen LogP contribution in [0.25, 0.3) is 0 Å². The normalized spacial score (nSPS) is 15.4. The van der Waals surface area contributed by atoms with Gasteiger partial charge in [-0.1, -0.05) is 39.7 Å². The van der Waals surface area contributed by atoms with Crippen molar-refractivity contribution in [2.75, 3.05) is 11.5 Å². The molecule has 0 heterocycles. The first kappa shape index (κ1) is 13.9. The molecule has 0 aromatic carbocycles. The van der Waals surface area contributed by atoms with E-state index < -0.39 is 10.8 Å². The molecule has 1 nitrogen and oxygen atoms in total. The van der Waals surface area contributed by atoms with Crippen LogP contribution in [-0.4, -0.2) is 15.7 Å². The van der Waals surface area contributed by atoms with Gasteiger partial charge in [-0.3, -0.25) is 4.21 Å². The van der Waals surface area contributed by atoms with Crippen molar-refractivity contribution < 1.29 is 4.21 Å². The van der Waals surface area contributed by atoms with Crippen LogP contribution in [0.1, 0.15) is 40.0 Å². The van der Waals surface area contributed by atoms with E-state index in [4.69, 9.17) is 0 Å². The molecule has 0 aromatic rings. The summed E-state index contributed by atoms with van der Waals surface area (Å²) >= 11 is 0. The van der Waals surface area contributed by atoms with Crippen LogP contribution in [0.3, 0.4) is 0 Å². The molecule has 0 N–H and O–H groups in total. The Bertz CT molecular complexity index is 173. The zero-order valence-electron chi connectivity index (χ0n) is 9.79. The summed E-state index contributed by atoms with van der Waals surface area (Å²) in [5.41, 5.74) is 0. The third-order valence-corrected chi connectivity index (χ3v) is 4.48. The minimum absolute atomic E-state index is 0.435. The number of rotatable bonds is 8. The molecule has 0 radical (unpaired) electrons. The highest BCUT2D eigenvalue weighted by atomic mass is 32.2. The summed E-state index contributed by atoms with van der Waals surface area (Å²) in [7, 11) is -0.651. The second-order valence-electron chi connectivity index (χ2n) is 3.86. The van der Waals surface area contributed by atoms with Gasteiger partial charge in [0.25, 0.3) is 0 Å². The Morgan fingerprint density at radius 2 is 1.71 bits per heavy atom. The molecule has 0 aliphatic heterocycles. The fourth-order valence-corrected chi connectivity index (χ4v) is 3.43. The third kappa shape index (κ3) is 5.58. The molecule has 0 saturated heterocycles. The van der Waals surface area contributed by atoms with Gasteiger partial charge in [-0.15, -0.1) is 6.58 Å². The highest BCUT2D eigenvalue weighted by molar-refractivity contribution is 7.85. The van der Waals surface area contributed by atoms with E-state index in [9.17, 15) is 4.21 Å². The Morgan fingerprint density at radius 3 is 2.07 bits per heavy atom. The van der Waals surface area contributed by atoms with Crippen LogP contribution in [0, 0.1) is 11.8 Å². The molecule has 0 saturated carbocycles. The first-order chi connectivity index (χ1) is 6.67. The van der Waals surface area contributed by atoms with Crippen LogP contribution in [0.15, 0.2) is 12.7 Å². The molecule has 0 aromatic heterocycles. The van der Waals surface area contributed by atoms with Gasteiger partial charge in [0.2, 0.25) is 0 Å². The van der Waals surface area contributed by atoms with Crippen molar-refractivity contribution in [3.05, 3.63) is 12.7 Å². The van der Waals surface area contributed by atoms with Gasteiger partial charge in [-0.2, -0.15) is 0 Å². The van der Waals surface area contributed by atoms with E-state index in [-0.39, 0.29) is 0 Å². The smallest absolute Gasteiger partial charge is 0.0297 e. The summed E-state index contributed by atoms with van der Waals surface area (Å²) in [5, 5.41) is 0. The van der Waals surface area contributed by atoms with E-state index in [0.29, 0.717) is 11.8 Å². The van der Waals surface area contributed by atoms with E-state index in [1.807, 2.05) is 6.08 Å². The van der Waals surface area contributed by atoms with E-state index in [1.165, 1.54) is 0 Å². The Labute approximate surface area is 91.4 Å². The first-order valence-corrected chi connectivity index (χ1v) is 7.14. The Balaban J connectivity index is 3.89. The summed E-state index contributed by atoms with van der Waals surface area (Å²) in [6.45, 7) is 10.2. The number of hydrogen-bond donors (Lipinski definition) is 0. The molecule has 84 valence electrons. The first-order valence-electron chi connectivity index (χ1n) is 5.65. The van der Waals surface area contributed by atoms with Crippen molar-refractivity contribution >= 4 is 10.8 Å². The molecule has 2 atom stereocenters. The molecule has 0 spiro atoms. The molecule has 0 aliphatic rings. The topological polar surface area (TPSA) is 17.1 Å². The molecule has 14 heavy (non-hydrogen) atoms. The van der Waals surface area contributed by atoms with Crippen LogP contribution in [-0.2, 0) is 10.8 Å². The lowest BCUT2D eigenvalue weighted by Crippen LogP contribution is -2.16. The lowest BCUT2D eigenvalue weighted by atomic mass is 10.1. The van der Waals surface area contributed by atoms with Crippen LogP contribution < -0.4 is 0 Å². The van der Waals surface area contributed by atoms with E-state index in [2.05, 4.69) is 27.4 Å². The molecule has 0 aliphatic carbocycles. The van der Waals surface area contributed by atoms with Crippen LogP contribution >= 0.6 is 0 Å². The second kappa shape index (κ2) is 8.22. The summed E-state index contributed by atoms with van der Waals surface area (Å²) in [5.74, 6) is 2.75. The van der Waals surface area contributed by atoms with Crippen molar-refractivity contribution in [2.45, 2.75) is 40.0 Å². The molecule has 2 heteroatoms. The van der Waals surface area contributed by atoms with Gasteiger partial charge in [0, 0.05) is 22.3 Å². The maximum atomic E-state index is 11.8. The maximum Gasteiger partial charge on any atom is 0.0297 e. The summed E-state index contributed by atoms with van der Waals surface area (Å²) in [6.07, 6.45) is 5.28. The zero-order chi connectivity index (χ0) is 11.0. The van der Waals surface area contributed by atoms with Gasteiger partial charge < -0.3 is 0 Å². The van der Waals surface area contributed by atoms with Gasteiger partial charge in [-0.25, -0.2) is 0 Å². The van der Waals surface area contributed by atoms with Gasteiger partial charge in [0.05, 0.1) is 0 Å². The number of hydrogen-bond acceptors (Lipinski definition) is 1. The highest BCUT2D eigenvalue weighted by Crippen LogP contribution is 2.12. The van der Waals surface area contributed by atoms with Crippen LogP contribution in [0.4, 0.5) is 0 Å². The van der Waals surface area contributed by atoms with E-state index >= 15 is 0 Å². The fourth-order valence-electron chi connectivity index (χ4n) is 1.45. The minimum Gasteiger partial charge on any atom is -0.260 e. The number of allylic oxidation sites excluding steroid dienone is 1. The van der Waals surface area contributed by atoms with Crippen molar-refractivity contribution in [1.29, 1.82) is 0 Å². The molecule has 0 bridgehead atoms. The monoisotopic (exact) mass is 216 g/mol. The van der Waals surface area contributed by atoms with Crippen molar-refractivity contribution in [2.24, 2.45) is 11.8 Å². The largest absolute Gasteiger partial charge is 0.260 e. The molecule has 2 unspecified atom stereocenters. The second-order valence-corrected chi connectivity index (χ2v) is 5.41. The maximum absolute atomic E-state index is 11.8. The average Bonchev–Trinajstić information content (AvgIpc) is 2.22. The van der Waals surface area contributed by atoms with Gasteiger partial charge in [0.15, 0.2) is 0 Å². The zero-order valence-corrected chi connectivity index (χ0v) is 10.6. The van der Waals surface area contributed by atoms with Crippen molar-refractivity contribution in [1.82, 2.24) is 0 Å². The van der Waals surface area contributed by atoms with Crippen molar-refractivity contribution in [3.63, 3.8) is 0 Å². The quantitative estimate of drug-likeness (QED) is 0.568. The van der Waals surface area contributed by atoms with E-state index in [1.54, 1.807) is 0 Å². The predicted molar refractivity (Wildman–Crippen MR) is 65.9 cm³/mol. The third-order valence-electron chi connectivity index (χ3n) is 2.83. The summed E-state index contributed by atoms with van der Waals surface area (Å²) in [6, 6.07) is 0. The summed E-state index contributed by atoms with van der Waals surface area (Å²) < 4.78 is 11.8. The Hall–Kier alpha value is -0.110.